The van der Waals surface area contributed by atoms with E-state index in [1.54, 1.807) is 7.05 Å². The fraction of sp³-hybridized carbons (Fsp3) is 0.650. The molecule has 0 atom stereocenters. The highest BCUT2D eigenvalue weighted by molar-refractivity contribution is 14.0. The summed E-state index contributed by atoms with van der Waals surface area (Å²) in [7, 11) is 1.79. The van der Waals surface area contributed by atoms with Gasteiger partial charge in [0.1, 0.15) is 5.82 Å². The number of primary amides is 1. The van der Waals surface area contributed by atoms with E-state index in [2.05, 4.69) is 45.4 Å². The normalized spacial score (nSPS) is 15.3. The molecule has 158 valence electrons. The summed E-state index contributed by atoms with van der Waals surface area (Å²) in [4.78, 5) is 22.5. The standard InChI is InChI=1S/C20H34N6O.HI/c1-15(2)6-4-11-24-20(22-3)25-14-17-7-5-10-23-19(17)26-12-8-16(9-13-26)18(21)27;/h5,7,10,15-16H,4,6,8-9,11-14H2,1-3H3,(H2,21,27)(H2,22,24,25);1H. The third-order valence-corrected chi connectivity index (χ3v) is 4.98. The summed E-state index contributed by atoms with van der Waals surface area (Å²) < 4.78 is 0. The molecule has 7 nitrogen and oxygen atoms in total. The zero-order chi connectivity index (χ0) is 19.6. The number of rotatable bonds is 8. The second-order valence-corrected chi connectivity index (χ2v) is 7.54. The molecule has 1 fully saturated rings. The summed E-state index contributed by atoms with van der Waals surface area (Å²) in [6, 6.07) is 4.04. The van der Waals surface area contributed by atoms with E-state index >= 15 is 0 Å². The molecule has 1 aliphatic rings. The van der Waals surface area contributed by atoms with E-state index in [-0.39, 0.29) is 35.8 Å². The lowest BCUT2D eigenvalue weighted by atomic mass is 9.96. The van der Waals surface area contributed by atoms with Crippen LogP contribution in [0.3, 0.4) is 0 Å². The number of guanidine groups is 1. The van der Waals surface area contributed by atoms with Gasteiger partial charge in [-0.1, -0.05) is 19.9 Å². The number of nitrogens with zero attached hydrogens (tertiary/aromatic N) is 3. The van der Waals surface area contributed by atoms with E-state index in [0.29, 0.717) is 6.54 Å². The number of nitrogens with two attached hydrogens (primary N) is 1. The van der Waals surface area contributed by atoms with Gasteiger partial charge in [0, 0.05) is 50.9 Å². The van der Waals surface area contributed by atoms with Crippen molar-refractivity contribution in [3.8, 4) is 0 Å². The van der Waals surface area contributed by atoms with Crippen LogP contribution >= 0.6 is 24.0 Å². The van der Waals surface area contributed by atoms with Crippen LogP contribution in [0.15, 0.2) is 23.3 Å². The molecule has 1 aromatic heterocycles. The number of anilines is 1. The van der Waals surface area contributed by atoms with Crippen LogP contribution in [0.5, 0.6) is 0 Å². The first kappa shape index (κ1) is 24.5. The van der Waals surface area contributed by atoms with Crippen molar-refractivity contribution in [1.29, 1.82) is 0 Å². The number of nitrogens with one attached hydrogen (secondary N) is 2. The van der Waals surface area contributed by atoms with Gasteiger partial charge in [0.05, 0.1) is 0 Å². The summed E-state index contributed by atoms with van der Waals surface area (Å²) >= 11 is 0. The van der Waals surface area contributed by atoms with Gasteiger partial charge in [-0.3, -0.25) is 9.79 Å². The van der Waals surface area contributed by atoms with Crippen molar-refractivity contribution in [2.24, 2.45) is 22.6 Å². The highest BCUT2D eigenvalue weighted by Gasteiger charge is 2.24. The van der Waals surface area contributed by atoms with Crippen molar-refractivity contribution < 1.29 is 4.79 Å². The third-order valence-electron chi connectivity index (χ3n) is 4.98. The molecule has 8 heteroatoms. The van der Waals surface area contributed by atoms with E-state index in [9.17, 15) is 4.79 Å². The number of aliphatic imine (C=N–C) groups is 1. The summed E-state index contributed by atoms with van der Waals surface area (Å²) in [5, 5.41) is 6.74. The third kappa shape index (κ3) is 7.81. The smallest absolute Gasteiger partial charge is 0.220 e. The highest BCUT2D eigenvalue weighted by atomic mass is 127. The topological polar surface area (TPSA) is 95.6 Å². The lowest BCUT2D eigenvalue weighted by molar-refractivity contribution is -0.122. The van der Waals surface area contributed by atoms with E-state index in [4.69, 9.17) is 5.73 Å². The molecule has 0 spiro atoms. The molecule has 2 rings (SSSR count). The molecule has 0 aliphatic carbocycles. The van der Waals surface area contributed by atoms with Gasteiger partial charge in [0.2, 0.25) is 5.91 Å². The van der Waals surface area contributed by atoms with E-state index in [0.717, 1.165) is 62.2 Å². The van der Waals surface area contributed by atoms with Gasteiger partial charge < -0.3 is 21.3 Å². The predicted octanol–water partition coefficient (Wildman–Crippen LogP) is 2.50. The first-order chi connectivity index (χ1) is 13.0. The number of carbonyl (C=O) groups excluding carboxylic acids is 1. The van der Waals surface area contributed by atoms with Crippen molar-refractivity contribution >= 4 is 41.7 Å². The average Bonchev–Trinajstić information content (AvgIpc) is 2.67. The zero-order valence-electron chi connectivity index (χ0n) is 17.3. The van der Waals surface area contributed by atoms with Crippen LogP contribution in [-0.2, 0) is 11.3 Å². The number of piperidine rings is 1. The SMILES string of the molecule is CN=C(NCCCC(C)C)NCc1cccnc1N1CCC(C(N)=O)CC1.I. The second-order valence-electron chi connectivity index (χ2n) is 7.54. The number of carbonyl (C=O) groups is 1. The highest BCUT2D eigenvalue weighted by Crippen LogP contribution is 2.24. The lowest BCUT2D eigenvalue weighted by Gasteiger charge is -2.32. The Labute approximate surface area is 186 Å². The molecule has 0 aromatic carbocycles. The Balaban J connectivity index is 0.00000392. The van der Waals surface area contributed by atoms with Crippen molar-refractivity contribution in [2.75, 3.05) is 31.6 Å². The molecule has 0 saturated carbocycles. The molecule has 1 aromatic rings. The number of hydrogen-bond acceptors (Lipinski definition) is 4. The first-order valence-corrected chi connectivity index (χ1v) is 9.94. The Morgan fingerprint density at radius 2 is 2.07 bits per heavy atom. The van der Waals surface area contributed by atoms with Crippen molar-refractivity contribution in [3.63, 3.8) is 0 Å². The molecule has 28 heavy (non-hydrogen) atoms. The molecule has 1 saturated heterocycles. The first-order valence-electron chi connectivity index (χ1n) is 9.94. The Bertz CT molecular complexity index is 629. The maximum Gasteiger partial charge on any atom is 0.220 e. The molecule has 4 N–H and O–H groups in total. The van der Waals surface area contributed by atoms with Crippen LogP contribution in [0.2, 0.25) is 0 Å². The average molecular weight is 502 g/mol. The van der Waals surface area contributed by atoms with Gasteiger partial charge >= 0.3 is 0 Å². The van der Waals surface area contributed by atoms with Crippen LogP contribution < -0.4 is 21.3 Å². The zero-order valence-corrected chi connectivity index (χ0v) is 19.6. The minimum Gasteiger partial charge on any atom is -0.369 e. The van der Waals surface area contributed by atoms with E-state index in [1.807, 2.05) is 12.3 Å². The number of hydrogen-bond donors (Lipinski definition) is 3. The Kier molecular flexibility index (Phi) is 11.2. The Morgan fingerprint density at radius 1 is 1.36 bits per heavy atom. The van der Waals surface area contributed by atoms with Gasteiger partial charge in [-0.2, -0.15) is 0 Å². The van der Waals surface area contributed by atoms with Crippen molar-refractivity contribution in [1.82, 2.24) is 15.6 Å². The lowest BCUT2D eigenvalue weighted by Crippen LogP contribution is -2.40. The molecule has 2 heterocycles. The molecule has 0 unspecified atom stereocenters. The van der Waals surface area contributed by atoms with Crippen molar-refractivity contribution in [2.45, 2.75) is 46.1 Å². The van der Waals surface area contributed by atoms with Crippen LogP contribution in [0.25, 0.3) is 0 Å². The molecule has 1 aliphatic heterocycles. The predicted molar refractivity (Wildman–Crippen MR) is 126 cm³/mol. The molecule has 0 bridgehead atoms. The van der Waals surface area contributed by atoms with E-state index < -0.39 is 0 Å². The largest absolute Gasteiger partial charge is 0.369 e. The van der Waals surface area contributed by atoms with Gasteiger partial charge in [0.15, 0.2) is 5.96 Å². The fourth-order valence-corrected chi connectivity index (χ4v) is 3.35. The van der Waals surface area contributed by atoms with E-state index in [1.165, 1.54) is 6.42 Å². The maximum atomic E-state index is 11.4. The fourth-order valence-electron chi connectivity index (χ4n) is 3.35. The van der Waals surface area contributed by atoms with Gasteiger partial charge in [-0.25, -0.2) is 4.98 Å². The summed E-state index contributed by atoms with van der Waals surface area (Å²) in [5.74, 6) is 2.30. The molecular weight excluding hydrogens is 467 g/mol. The van der Waals surface area contributed by atoms with Crippen LogP contribution in [0, 0.1) is 11.8 Å². The number of halogens is 1. The monoisotopic (exact) mass is 502 g/mol. The Morgan fingerprint density at radius 3 is 2.68 bits per heavy atom. The quantitative estimate of drug-likeness (QED) is 0.220. The Hall–Kier alpha value is -1.58. The van der Waals surface area contributed by atoms with Crippen LogP contribution in [0.1, 0.15) is 45.1 Å². The summed E-state index contributed by atoms with van der Waals surface area (Å²) in [6.07, 6.45) is 5.73. The minimum atomic E-state index is -0.190. The number of aromatic nitrogens is 1. The number of amides is 1. The minimum absolute atomic E-state index is 0. The van der Waals surface area contributed by atoms with Crippen molar-refractivity contribution in [3.05, 3.63) is 23.9 Å². The summed E-state index contributed by atoms with van der Waals surface area (Å²) in [5.41, 5.74) is 6.57. The van der Waals surface area contributed by atoms with Gasteiger partial charge in [-0.05, 0) is 37.7 Å². The van der Waals surface area contributed by atoms with Crippen LogP contribution in [-0.4, -0.2) is 43.5 Å². The number of pyridine rings is 1. The molecule has 0 radical (unpaired) electrons. The summed E-state index contributed by atoms with van der Waals surface area (Å²) in [6.45, 7) is 7.66. The molecule has 1 amide bonds. The van der Waals surface area contributed by atoms with Gasteiger partial charge in [0.25, 0.3) is 0 Å². The molecular formula is C20H35IN6O. The van der Waals surface area contributed by atoms with Gasteiger partial charge in [-0.15, -0.1) is 24.0 Å². The maximum absolute atomic E-state index is 11.4. The van der Waals surface area contributed by atoms with Crippen LogP contribution in [0.4, 0.5) is 5.82 Å². The second kappa shape index (κ2) is 12.8.